The van der Waals surface area contributed by atoms with Crippen LogP contribution in [0.5, 0.6) is 11.5 Å². The van der Waals surface area contributed by atoms with Gasteiger partial charge in [0.15, 0.2) is 11.5 Å². The van der Waals surface area contributed by atoms with Crippen molar-refractivity contribution in [3.8, 4) is 11.5 Å². The molecule has 6 heteroatoms. The molecule has 0 aliphatic carbocycles. The molecule has 0 aliphatic rings. The quantitative estimate of drug-likeness (QED) is 0.608. The molecule has 2 rings (SSSR count). The van der Waals surface area contributed by atoms with Crippen molar-refractivity contribution in [1.82, 2.24) is 0 Å². The molecule has 0 saturated heterocycles. The molecular weight excluding hydrogens is 398 g/mol. The highest BCUT2D eigenvalue weighted by Crippen LogP contribution is 2.37. The number of ether oxygens (including phenoxy) is 2. The average molecular weight is 422 g/mol. The second-order valence-electron chi connectivity index (χ2n) is 6.19. The largest absolute Gasteiger partial charge is 0.490 e. The molecule has 2 aromatic rings. The van der Waals surface area contributed by atoms with Gasteiger partial charge in [0.2, 0.25) is 0 Å². The Kier molecular flexibility index (Phi) is 6.91. The molecule has 0 bridgehead atoms. The number of hydrogen-bond donors (Lipinski definition) is 2. The number of carboxylic acid groups (broad SMARTS) is 1. The van der Waals surface area contributed by atoms with E-state index in [1.807, 2.05) is 39.8 Å². The molecule has 26 heavy (non-hydrogen) atoms. The van der Waals surface area contributed by atoms with Gasteiger partial charge in [0.25, 0.3) is 0 Å². The number of carboxylic acids is 1. The van der Waals surface area contributed by atoms with E-state index in [0.29, 0.717) is 24.7 Å². The summed E-state index contributed by atoms with van der Waals surface area (Å²) in [5.74, 6) is 0.476. The highest BCUT2D eigenvalue weighted by molar-refractivity contribution is 9.10. The van der Waals surface area contributed by atoms with E-state index in [0.717, 1.165) is 21.3 Å². The molecule has 0 spiro atoms. The monoisotopic (exact) mass is 421 g/mol. The third-order valence-corrected chi connectivity index (χ3v) is 4.27. The molecule has 0 radical (unpaired) electrons. The van der Waals surface area contributed by atoms with Gasteiger partial charge in [-0.05, 0) is 85.1 Å². The Morgan fingerprint density at radius 2 is 2.00 bits per heavy atom. The van der Waals surface area contributed by atoms with Crippen molar-refractivity contribution < 1.29 is 19.4 Å². The van der Waals surface area contributed by atoms with Crippen molar-refractivity contribution in [3.05, 3.63) is 51.5 Å². The van der Waals surface area contributed by atoms with Crippen LogP contribution in [0.3, 0.4) is 0 Å². The number of aryl methyl sites for hydroxylation is 1. The van der Waals surface area contributed by atoms with E-state index in [1.54, 1.807) is 18.2 Å². The lowest BCUT2D eigenvalue weighted by molar-refractivity contribution is 0.0697. The predicted molar refractivity (Wildman–Crippen MR) is 107 cm³/mol. The number of anilines is 1. The molecule has 2 aromatic carbocycles. The molecule has 0 aromatic heterocycles. The van der Waals surface area contributed by atoms with Gasteiger partial charge in [0.1, 0.15) is 0 Å². The minimum atomic E-state index is -0.925. The van der Waals surface area contributed by atoms with Gasteiger partial charge < -0.3 is 19.9 Å². The minimum absolute atomic E-state index is 0.0462. The summed E-state index contributed by atoms with van der Waals surface area (Å²) in [6, 6.07) is 8.99. The second-order valence-corrected chi connectivity index (χ2v) is 7.05. The zero-order valence-electron chi connectivity index (χ0n) is 15.4. The number of carbonyl (C=O) groups is 1. The smallest absolute Gasteiger partial charge is 0.335 e. The first kappa shape index (κ1) is 20.1. The summed E-state index contributed by atoms with van der Waals surface area (Å²) in [4.78, 5) is 11.0. The maximum atomic E-state index is 11.0. The van der Waals surface area contributed by atoms with Crippen LogP contribution in [-0.4, -0.2) is 23.8 Å². The number of benzene rings is 2. The molecule has 140 valence electrons. The van der Waals surface area contributed by atoms with Gasteiger partial charge in [0.05, 0.1) is 22.7 Å². The summed E-state index contributed by atoms with van der Waals surface area (Å²) in [5, 5.41) is 12.4. The lowest BCUT2D eigenvalue weighted by atomic mass is 10.1. The average Bonchev–Trinajstić information content (AvgIpc) is 2.56. The van der Waals surface area contributed by atoms with Gasteiger partial charge in [-0.15, -0.1) is 0 Å². The summed E-state index contributed by atoms with van der Waals surface area (Å²) >= 11 is 3.56. The zero-order valence-corrected chi connectivity index (χ0v) is 17.0. The van der Waals surface area contributed by atoms with E-state index in [1.165, 1.54) is 0 Å². The van der Waals surface area contributed by atoms with Gasteiger partial charge >= 0.3 is 5.97 Å². The first-order valence-corrected chi connectivity index (χ1v) is 9.30. The van der Waals surface area contributed by atoms with Crippen molar-refractivity contribution in [1.29, 1.82) is 0 Å². The zero-order chi connectivity index (χ0) is 19.3. The first-order valence-electron chi connectivity index (χ1n) is 8.51. The number of aromatic carboxylic acids is 1. The summed E-state index contributed by atoms with van der Waals surface area (Å²) in [5.41, 5.74) is 3.09. The fourth-order valence-electron chi connectivity index (χ4n) is 2.53. The van der Waals surface area contributed by atoms with E-state index in [4.69, 9.17) is 14.6 Å². The molecule has 5 nitrogen and oxygen atoms in total. The second kappa shape index (κ2) is 8.94. The van der Waals surface area contributed by atoms with Crippen LogP contribution in [0.1, 0.15) is 42.3 Å². The Morgan fingerprint density at radius 1 is 1.27 bits per heavy atom. The Labute approximate surface area is 162 Å². The van der Waals surface area contributed by atoms with E-state index < -0.39 is 5.97 Å². The standard InChI is InChI=1S/C20H24BrNO4/c1-5-25-18-10-14(9-16(21)19(18)26-12(2)3)11-22-17-7-6-15(20(23)24)8-13(17)4/h6-10,12,22H,5,11H2,1-4H3,(H,23,24). The van der Waals surface area contributed by atoms with Crippen LogP contribution >= 0.6 is 15.9 Å². The third kappa shape index (κ3) is 5.14. The maximum absolute atomic E-state index is 11.0. The molecule has 0 aliphatic heterocycles. The van der Waals surface area contributed by atoms with Gasteiger partial charge in [-0.3, -0.25) is 0 Å². The van der Waals surface area contributed by atoms with Crippen molar-refractivity contribution >= 4 is 27.6 Å². The molecule has 0 fully saturated rings. The summed E-state index contributed by atoms with van der Waals surface area (Å²) < 4.78 is 12.4. The van der Waals surface area contributed by atoms with Gasteiger partial charge in [0, 0.05) is 12.2 Å². The number of halogens is 1. The van der Waals surface area contributed by atoms with Crippen LogP contribution in [0.15, 0.2) is 34.8 Å². The van der Waals surface area contributed by atoms with Crippen LogP contribution in [0.4, 0.5) is 5.69 Å². The normalized spacial score (nSPS) is 10.7. The first-order chi connectivity index (χ1) is 12.3. The van der Waals surface area contributed by atoms with E-state index >= 15 is 0 Å². The van der Waals surface area contributed by atoms with Gasteiger partial charge in [-0.25, -0.2) is 4.79 Å². The summed E-state index contributed by atoms with van der Waals surface area (Å²) in [7, 11) is 0. The molecule has 0 amide bonds. The fourth-order valence-corrected chi connectivity index (χ4v) is 3.11. The summed E-state index contributed by atoms with van der Waals surface area (Å²) in [6.07, 6.45) is 0.0462. The van der Waals surface area contributed by atoms with Crippen LogP contribution < -0.4 is 14.8 Å². The summed E-state index contributed by atoms with van der Waals surface area (Å²) in [6.45, 7) is 8.89. The third-order valence-electron chi connectivity index (χ3n) is 3.68. The molecule has 0 saturated carbocycles. The minimum Gasteiger partial charge on any atom is -0.490 e. The van der Waals surface area contributed by atoms with Crippen molar-refractivity contribution in [2.45, 2.75) is 40.3 Å². The highest BCUT2D eigenvalue weighted by atomic mass is 79.9. The fraction of sp³-hybridized carbons (Fsp3) is 0.350. The Morgan fingerprint density at radius 3 is 2.58 bits per heavy atom. The molecular formula is C20H24BrNO4. The molecule has 0 heterocycles. The number of hydrogen-bond acceptors (Lipinski definition) is 4. The lowest BCUT2D eigenvalue weighted by Gasteiger charge is -2.18. The molecule has 0 atom stereocenters. The SMILES string of the molecule is CCOc1cc(CNc2ccc(C(=O)O)cc2C)cc(Br)c1OC(C)C. The highest BCUT2D eigenvalue weighted by Gasteiger charge is 2.14. The molecule has 2 N–H and O–H groups in total. The van der Waals surface area contributed by atoms with Crippen molar-refractivity contribution in [2.75, 3.05) is 11.9 Å². The molecule has 0 unspecified atom stereocenters. The van der Waals surface area contributed by atoms with Crippen molar-refractivity contribution in [2.24, 2.45) is 0 Å². The van der Waals surface area contributed by atoms with Crippen molar-refractivity contribution in [3.63, 3.8) is 0 Å². The Bertz CT molecular complexity index is 790. The predicted octanol–water partition coefficient (Wildman–Crippen LogP) is 5.25. The van der Waals surface area contributed by atoms with Crippen LogP contribution in [-0.2, 0) is 6.54 Å². The van der Waals surface area contributed by atoms with E-state index in [-0.39, 0.29) is 11.7 Å². The topological polar surface area (TPSA) is 67.8 Å². The van der Waals surface area contributed by atoms with Crippen LogP contribution in [0, 0.1) is 6.92 Å². The van der Waals surface area contributed by atoms with E-state index in [2.05, 4.69) is 21.2 Å². The van der Waals surface area contributed by atoms with Gasteiger partial charge in [-0.2, -0.15) is 0 Å². The van der Waals surface area contributed by atoms with Crippen LogP contribution in [0.25, 0.3) is 0 Å². The Hall–Kier alpha value is -2.21. The Balaban J connectivity index is 2.20. The number of nitrogens with one attached hydrogen (secondary N) is 1. The number of rotatable bonds is 8. The lowest BCUT2D eigenvalue weighted by Crippen LogP contribution is -2.09. The van der Waals surface area contributed by atoms with E-state index in [9.17, 15) is 4.79 Å². The maximum Gasteiger partial charge on any atom is 0.335 e. The van der Waals surface area contributed by atoms with Crippen LogP contribution in [0.2, 0.25) is 0 Å². The van der Waals surface area contributed by atoms with Gasteiger partial charge in [-0.1, -0.05) is 0 Å².